The van der Waals surface area contributed by atoms with Gasteiger partial charge in [-0.2, -0.15) is 10.4 Å². The average molecular weight is 984 g/mol. The Hall–Kier alpha value is -6.60. The van der Waals surface area contributed by atoms with Gasteiger partial charge in [0, 0.05) is 129 Å². The highest BCUT2D eigenvalue weighted by Crippen LogP contribution is 2.42. The number of piperazine rings is 1. The number of hydrazone groups is 1. The van der Waals surface area contributed by atoms with Crippen molar-refractivity contribution in [2.24, 2.45) is 17.6 Å². The van der Waals surface area contributed by atoms with Crippen LogP contribution in [-0.4, -0.2) is 119 Å². The number of ether oxygens (including phenoxy) is 2. The Kier molecular flexibility index (Phi) is 14.9. The second-order valence-corrected chi connectivity index (χ2v) is 20.5. The molecule has 1 saturated heterocycles. The van der Waals surface area contributed by atoms with E-state index in [4.69, 9.17) is 14.6 Å². The smallest absolute Gasteiger partial charge is 0.264 e. The fourth-order valence-electron chi connectivity index (χ4n) is 11.7. The van der Waals surface area contributed by atoms with Gasteiger partial charge in [0.05, 0.1) is 37.4 Å². The number of halogens is 2. The number of anilines is 2. The Morgan fingerprint density at radius 2 is 1.71 bits per heavy atom. The zero-order valence-corrected chi connectivity index (χ0v) is 42.9. The number of carbonyl (C=O) groups is 2. The highest BCUT2D eigenvalue weighted by molar-refractivity contribution is 6.12. The molecular weight excluding hydrogens is 915 g/mol. The zero-order chi connectivity index (χ0) is 50.8. The molecule has 16 heteroatoms. The third-order valence-corrected chi connectivity index (χ3v) is 15.9. The van der Waals surface area contributed by atoms with Crippen LogP contribution in [0.1, 0.15) is 119 Å². The molecule has 5 aliphatic rings. The molecule has 1 aromatic heterocycles. The Balaban J connectivity index is 0.832. The zero-order valence-electron chi connectivity index (χ0n) is 42.9. The van der Waals surface area contributed by atoms with Crippen molar-refractivity contribution in [1.29, 1.82) is 5.26 Å². The minimum absolute atomic E-state index is 0.0160. The molecule has 9 rings (SSSR count). The summed E-state index contributed by atoms with van der Waals surface area (Å²) < 4.78 is 45.3. The SMILES string of the molecule is CC[C@@H](NC(=O)c1ccc(N2CCN(C3CCC(=[N+]4N=C(N5CCCc6cc(-c7cnn(C)c7)c(C(F)F)cc65)C5=C4CCN(C(C)=O)C5)CC3)CC2)cc1)C(C)(C)[C@@H](CC)Oc1ccc(C#N)c(OC)c1. The first-order valence-electron chi connectivity index (χ1n) is 25.8. The van der Waals surface area contributed by atoms with Gasteiger partial charge in [-0.15, -0.1) is 0 Å². The van der Waals surface area contributed by atoms with Crippen LogP contribution in [0.5, 0.6) is 11.5 Å². The molecule has 2 atom stereocenters. The molecule has 3 aromatic carbocycles. The summed E-state index contributed by atoms with van der Waals surface area (Å²) in [7, 11) is 3.33. The van der Waals surface area contributed by atoms with Gasteiger partial charge in [-0.25, -0.2) is 8.78 Å². The number of alkyl halides is 2. The van der Waals surface area contributed by atoms with Crippen molar-refractivity contribution in [3.05, 3.63) is 101 Å². The third kappa shape index (κ3) is 10.1. The van der Waals surface area contributed by atoms with Crippen LogP contribution in [-0.2, 0) is 18.3 Å². The minimum Gasteiger partial charge on any atom is -0.495 e. The number of amidine groups is 1. The highest BCUT2D eigenvalue weighted by Gasteiger charge is 2.44. The molecule has 0 unspecified atom stereocenters. The number of amides is 2. The maximum absolute atomic E-state index is 14.8. The molecule has 4 aromatic rings. The largest absolute Gasteiger partial charge is 0.495 e. The van der Waals surface area contributed by atoms with Crippen molar-refractivity contribution >= 4 is 34.7 Å². The van der Waals surface area contributed by atoms with Crippen LogP contribution in [0.2, 0.25) is 0 Å². The number of carbonyl (C=O) groups excluding carboxylic acids is 2. The number of methoxy groups -OCH3 is 1. The van der Waals surface area contributed by atoms with E-state index in [0.29, 0.717) is 65.8 Å². The van der Waals surface area contributed by atoms with E-state index in [1.54, 1.807) is 55.3 Å². The number of nitrogens with zero attached hydrogens (tertiary/aromatic N) is 9. The van der Waals surface area contributed by atoms with Crippen LogP contribution in [0.3, 0.4) is 0 Å². The first kappa shape index (κ1) is 50.3. The summed E-state index contributed by atoms with van der Waals surface area (Å²) >= 11 is 0. The third-order valence-electron chi connectivity index (χ3n) is 15.9. The summed E-state index contributed by atoms with van der Waals surface area (Å²) in [6.07, 6.45) is 8.19. The number of rotatable bonds is 13. The molecule has 1 N–H and O–H groups in total. The van der Waals surface area contributed by atoms with E-state index in [1.807, 2.05) is 23.1 Å². The number of nitrogens with one attached hydrogen (secondary N) is 1. The van der Waals surface area contributed by atoms with Crippen molar-refractivity contribution in [2.45, 2.75) is 117 Å². The lowest BCUT2D eigenvalue weighted by atomic mass is 9.76. The van der Waals surface area contributed by atoms with Crippen molar-refractivity contribution < 1.29 is 32.5 Å². The number of nitriles is 1. The molecule has 380 valence electrons. The Labute approximate surface area is 422 Å². The number of fused-ring (bicyclic) bond motifs is 1. The van der Waals surface area contributed by atoms with E-state index in [2.05, 4.69) is 75.7 Å². The van der Waals surface area contributed by atoms with E-state index < -0.39 is 11.8 Å². The topological polar surface area (TPSA) is 135 Å². The highest BCUT2D eigenvalue weighted by atomic mass is 19.3. The summed E-state index contributed by atoms with van der Waals surface area (Å²) in [5, 5.41) is 22.4. The Morgan fingerprint density at radius 3 is 2.35 bits per heavy atom. The fraction of sp³-hybridized carbons (Fsp3) is 0.500. The molecule has 2 fully saturated rings. The second kappa shape index (κ2) is 21.2. The van der Waals surface area contributed by atoms with E-state index in [-0.39, 0.29) is 29.5 Å². The van der Waals surface area contributed by atoms with Gasteiger partial charge in [0.1, 0.15) is 23.7 Å². The van der Waals surface area contributed by atoms with Crippen molar-refractivity contribution in [2.75, 3.05) is 62.7 Å². The Morgan fingerprint density at radius 1 is 0.958 bits per heavy atom. The fourth-order valence-corrected chi connectivity index (χ4v) is 11.7. The van der Waals surface area contributed by atoms with Crippen molar-refractivity contribution in [3.8, 4) is 28.7 Å². The van der Waals surface area contributed by atoms with Crippen LogP contribution in [0.4, 0.5) is 20.2 Å². The van der Waals surface area contributed by atoms with E-state index in [0.717, 1.165) is 112 Å². The lowest BCUT2D eigenvalue weighted by molar-refractivity contribution is -0.484. The molecule has 0 spiro atoms. The van der Waals surface area contributed by atoms with Crippen LogP contribution < -0.4 is 24.6 Å². The lowest BCUT2D eigenvalue weighted by Crippen LogP contribution is -2.52. The van der Waals surface area contributed by atoms with E-state index in [9.17, 15) is 23.6 Å². The van der Waals surface area contributed by atoms with Gasteiger partial charge < -0.3 is 29.5 Å². The maximum atomic E-state index is 14.8. The van der Waals surface area contributed by atoms with Gasteiger partial charge >= 0.3 is 0 Å². The molecule has 2 amide bonds. The quantitative estimate of drug-likeness (QED) is 0.130. The monoisotopic (exact) mass is 984 g/mol. The predicted molar refractivity (Wildman–Crippen MR) is 276 cm³/mol. The number of aromatic nitrogens is 2. The molecule has 5 heterocycles. The maximum Gasteiger partial charge on any atom is 0.264 e. The summed E-state index contributed by atoms with van der Waals surface area (Å²) in [5.41, 5.74) is 8.13. The molecule has 14 nitrogen and oxygen atoms in total. The summed E-state index contributed by atoms with van der Waals surface area (Å²) in [6, 6.07) is 19.2. The molecule has 0 radical (unpaired) electrons. The van der Waals surface area contributed by atoms with Gasteiger partial charge in [-0.05, 0) is 98.2 Å². The van der Waals surface area contributed by atoms with Gasteiger partial charge in [-0.1, -0.05) is 32.4 Å². The summed E-state index contributed by atoms with van der Waals surface area (Å²) in [4.78, 5) is 35.5. The minimum atomic E-state index is -2.66. The van der Waals surface area contributed by atoms with E-state index in [1.165, 1.54) is 12.8 Å². The van der Waals surface area contributed by atoms with E-state index >= 15 is 0 Å². The first-order valence-corrected chi connectivity index (χ1v) is 25.8. The van der Waals surface area contributed by atoms with Crippen molar-refractivity contribution in [1.82, 2.24) is 24.9 Å². The van der Waals surface area contributed by atoms with Gasteiger partial charge in [-0.3, -0.25) is 19.2 Å². The summed E-state index contributed by atoms with van der Waals surface area (Å²) in [6.45, 7) is 15.4. The van der Waals surface area contributed by atoms with Crippen molar-refractivity contribution in [3.63, 3.8) is 0 Å². The molecule has 72 heavy (non-hydrogen) atoms. The van der Waals surface area contributed by atoms with Crippen LogP contribution in [0.15, 0.2) is 83.4 Å². The number of benzene rings is 3. The first-order chi connectivity index (χ1) is 34.7. The number of hydrogen-bond donors (Lipinski definition) is 1. The Bertz CT molecular complexity index is 2810. The number of hydrogen-bond acceptors (Lipinski definition) is 10. The number of aryl methyl sites for hydroxylation is 2. The summed E-state index contributed by atoms with van der Waals surface area (Å²) in [5.74, 6) is 1.76. The lowest BCUT2D eigenvalue weighted by Gasteiger charge is -2.41. The van der Waals surface area contributed by atoms with Crippen LogP contribution in [0.25, 0.3) is 11.1 Å². The standard InChI is InChI=1S/C56H68F2N10O4/c1-8-51(56(4,5)52(9-2)72-44-21-14-39(32-59)50(30-44)71-7)61-55(70)37-12-15-41(16-13-37)64-25-27-65(28-26-64)42-17-19-43(20-18-42)68-48-22-24-66(36(3)69)35-47(48)54(62-68)67-23-10-11-38-29-45(40-33-60-63(6)34-40)46(53(57)58)31-49(38)67/h12-16,21,29-31,33-34,42,51-53H,8-11,17-20,22-28,35H2,1-7H3/p+1/t42?,51-,52-/m1/s1. The molecule has 1 saturated carbocycles. The molecule has 0 bridgehead atoms. The molecule has 1 aliphatic carbocycles. The van der Waals surface area contributed by atoms with Crippen LogP contribution >= 0.6 is 0 Å². The van der Waals surface area contributed by atoms with Gasteiger partial charge in [0.25, 0.3) is 12.3 Å². The molecular formula is C56H69F2N10O4+. The van der Waals surface area contributed by atoms with Gasteiger partial charge in [0.2, 0.25) is 17.4 Å². The second-order valence-electron chi connectivity index (χ2n) is 20.5. The average Bonchev–Trinajstić information content (AvgIpc) is 4.02. The van der Waals surface area contributed by atoms with Gasteiger partial charge in [0.15, 0.2) is 5.71 Å². The molecule has 4 aliphatic heterocycles. The normalized spacial score (nSPS) is 19.4. The predicted octanol–water partition coefficient (Wildman–Crippen LogP) is 9.10. The van der Waals surface area contributed by atoms with Crippen LogP contribution in [0, 0.1) is 16.7 Å².